The van der Waals surface area contributed by atoms with Crippen LogP contribution in [0.25, 0.3) is 0 Å². The number of carbonyl (C=O) groups is 2. The summed E-state index contributed by atoms with van der Waals surface area (Å²) >= 11 is 0. The molecule has 0 aliphatic carbocycles. The van der Waals surface area contributed by atoms with E-state index in [2.05, 4.69) is 10.3 Å². The van der Waals surface area contributed by atoms with Crippen LogP contribution in [0.5, 0.6) is 5.75 Å². The van der Waals surface area contributed by atoms with Gasteiger partial charge in [0.25, 0.3) is 5.91 Å². The maximum atomic E-state index is 11.9. The van der Waals surface area contributed by atoms with E-state index in [0.29, 0.717) is 6.42 Å². The van der Waals surface area contributed by atoms with Gasteiger partial charge in [0.1, 0.15) is 17.7 Å². The Bertz CT molecular complexity index is 427. The van der Waals surface area contributed by atoms with Crippen LogP contribution in [0.4, 0.5) is 0 Å². The van der Waals surface area contributed by atoms with Crippen molar-refractivity contribution >= 4 is 12.2 Å². The van der Waals surface area contributed by atoms with Crippen LogP contribution < -0.4 is 5.32 Å². The van der Waals surface area contributed by atoms with Gasteiger partial charge in [0.05, 0.1) is 6.20 Å². The second-order valence-electron chi connectivity index (χ2n) is 5.15. The third kappa shape index (κ3) is 5.50. The molecule has 0 aliphatic rings. The van der Waals surface area contributed by atoms with Crippen LogP contribution in [0.3, 0.4) is 0 Å². The highest BCUT2D eigenvalue weighted by Crippen LogP contribution is 2.15. The minimum atomic E-state index is -0.348. The van der Waals surface area contributed by atoms with E-state index in [1.807, 2.05) is 13.8 Å². The molecule has 1 aromatic rings. The maximum absolute atomic E-state index is 11.9. The van der Waals surface area contributed by atoms with E-state index in [4.69, 9.17) is 5.11 Å². The summed E-state index contributed by atoms with van der Waals surface area (Å²) in [6.45, 7) is 3.87. The quantitative estimate of drug-likeness (QED) is 0.583. The molecule has 0 bridgehead atoms. The van der Waals surface area contributed by atoms with Crippen LogP contribution in [0.2, 0.25) is 0 Å². The van der Waals surface area contributed by atoms with E-state index in [9.17, 15) is 9.59 Å². The largest absolute Gasteiger partial charge is 0.506 e. The maximum Gasteiger partial charge on any atom is 0.270 e. The van der Waals surface area contributed by atoms with Gasteiger partial charge in [-0.2, -0.15) is 0 Å². The fourth-order valence-electron chi connectivity index (χ4n) is 1.75. The first-order valence-electron chi connectivity index (χ1n) is 6.36. The Kier molecular flexibility index (Phi) is 5.48. The monoisotopic (exact) mass is 264 g/mol. The Labute approximate surface area is 113 Å². The molecule has 1 amide bonds. The first kappa shape index (κ1) is 15.1. The second kappa shape index (κ2) is 6.87. The molecule has 2 N–H and O–H groups in total. The van der Waals surface area contributed by atoms with Crippen molar-refractivity contribution in [2.24, 2.45) is 0 Å². The molecule has 104 valence electrons. The van der Waals surface area contributed by atoms with Crippen LogP contribution in [0.1, 0.15) is 50.0 Å². The average molecular weight is 264 g/mol. The van der Waals surface area contributed by atoms with Crippen LogP contribution in [-0.2, 0) is 4.79 Å². The first-order chi connectivity index (χ1) is 8.94. The Hall–Kier alpha value is -1.91. The highest BCUT2D eigenvalue weighted by molar-refractivity contribution is 5.92. The molecule has 0 unspecified atom stereocenters. The number of aldehydes is 1. The Morgan fingerprint density at radius 3 is 2.74 bits per heavy atom. The molecular formula is C14H20N2O3. The summed E-state index contributed by atoms with van der Waals surface area (Å²) in [7, 11) is 0. The molecule has 0 atom stereocenters. The molecular weight excluding hydrogens is 244 g/mol. The van der Waals surface area contributed by atoms with Crippen molar-refractivity contribution in [3.63, 3.8) is 0 Å². The van der Waals surface area contributed by atoms with Crippen LogP contribution >= 0.6 is 0 Å². The lowest BCUT2D eigenvalue weighted by molar-refractivity contribution is -0.107. The number of hydrogen-bond donors (Lipinski definition) is 2. The SMILES string of the molecule is CC(C)(CCCCC=O)NC(=O)c1ccc(O)cn1. The van der Waals surface area contributed by atoms with Crippen molar-refractivity contribution in [2.75, 3.05) is 0 Å². The van der Waals surface area contributed by atoms with Crippen molar-refractivity contribution < 1.29 is 14.7 Å². The number of amides is 1. The lowest BCUT2D eigenvalue weighted by atomic mass is 9.96. The molecule has 0 spiro atoms. The van der Waals surface area contributed by atoms with Gasteiger partial charge in [0.15, 0.2) is 0 Å². The topological polar surface area (TPSA) is 79.3 Å². The zero-order valence-electron chi connectivity index (χ0n) is 11.3. The fraction of sp³-hybridized carbons (Fsp3) is 0.500. The van der Waals surface area contributed by atoms with Crippen molar-refractivity contribution in [1.82, 2.24) is 10.3 Å². The number of unbranched alkanes of at least 4 members (excludes halogenated alkanes) is 2. The lowest BCUT2D eigenvalue weighted by Crippen LogP contribution is -2.43. The zero-order valence-corrected chi connectivity index (χ0v) is 11.3. The van der Waals surface area contributed by atoms with Gasteiger partial charge in [0.2, 0.25) is 0 Å². The van der Waals surface area contributed by atoms with Gasteiger partial charge in [-0.05, 0) is 38.8 Å². The molecule has 1 heterocycles. The average Bonchev–Trinajstić information content (AvgIpc) is 2.35. The van der Waals surface area contributed by atoms with Gasteiger partial charge in [-0.25, -0.2) is 4.98 Å². The highest BCUT2D eigenvalue weighted by Gasteiger charge is 2.21. The number of nitrogens with one attached hydrogen (secondary N) is 1. The Morgan fingerprint density at radius 1 is 1.42 bits per heavy atom. The minimum Gasteiger partial charge on any atom is -0.506 e. The van der Waals surface area contributed by atoms with Crippen LogP contribution in [-0.4, -0.2) is 27.8 Å². The third-order valence-corrected chi connectivity index (χ3v) is 2.81. The highest BCUT2D eigenvalue weighted by atomic mass is 16.3. The van der Waals surface area contributed by atoms with Crippen molar-refractivity contribution in [1.29, 1.82) is 0 Å². The van der Waals surface area contributed by atoms with Crippen LogP contribution in [0.15, 0.2) is 18.3 Å². The predicted molar refractivity (Wildman–Crippen MR) is 72.0 cm³/mol. The lowest BCUT2D eigenvalue weighted by Gasteiger charge is -2.26. The van der Waals surface area contributed by atoms with Gasteiger partial charge in [-0.15, -0.1) is 0 Å². The second-order valence-corrected chi connectivity index (χ2v) is 5.15. The number of aromatic nitrogens is 1. The van der Waals surface area contributed by atoms with E-state index < -0.39 is 0 Å². The zero-order chi connectivity index (χ0) is 14.3. The predicted octanol–water partition coefficient (Wildman–Crippen LogP) is 2.05. The van der Waals surface area contributed by atoms with Gasteiger partial charge in [-0.3, -0.25) is 4.79 Å². The van der Waals surface area contributed by atoms with Gasteiger partial charge in [-0.1, -0.05) is 6.42 Å². The van der Waals surface area contributed by atoms with E-state index in [0.717, 1.165) is 25.5 Å². The molecule has 0 fully saturated rings. The molecule has 5 nitrogen and oxygen atoms in total. The molecule has 1 aromatic heterocycles. The van der Waals surface area contributed by atoms with Crippen molar-refractivity contribution in [3.05, 3.63) is 24.0 Å². The van der Waals surface area contributed by atoms with E-state index in [-0.39, 0.29) is 22.9 Å². The molecule has 5 heteroatoms. The Morgan fingerprint density at radius 2 is 2.16 bits per heavy atom. The van der Waals surface area contributed by atoms with Crippen LogP contribution in [0, 0.1) is 0 Å². The number of pyridine rings is 1. The summed E-state index contributed by atoms with van der Waals surface area (Å²) in [6, 6.07) is 2.91. The standard InChI is InChI=1S/C14H20N2O3/c1-14(2,8-4-3-5-9-17)16-13(19)12-7-6-11(18)10-15-12/h6-7,9-10,18H,3-5,8H2,1-2H3,(H,16,19). The van der Waals surface area contributed by atoms with Gasteiger partial charge >= 0.3 is 0 Å². The van der Waals surface area contributed by atoms with Crippen molar-refractivity contribution in [3.8, 4) is 5.75 Å². The summed E-state index contributed by atoms with van der Waals surface area (Å²) in [5.41, 5.74) is -0.0710. The fourth-order valence-corrected chi connectivity index (χ4v) is 1.75. The van der Waals surface area contributed by atoms with Gasteiger partial charge in [0, 0.05) is 12.0 Å². The summed E-state index contributed by atoms with van der Waals surface area (Å²) in [5, 5.41) is 12.0. The molecule has 19 heavy (non-hydrogen) atoms. The smallest absolute Gasteiger partial charge is 0.270 e. The summed E-state index contributed by atoms with van der Waals surface area (Å²) in [5.74, 6) is -0.231. The summed E-state index contributed by atoms with van der Waals surface area (Å²) in [4.78, 5) is 26.0. The first-order valence-corrected chi connectivity index (χ1v) is 6.36. The van der Waals surface area contributed by atoms with E-state index in [1.54, 1.807) is 0 Å². The number of aromatic hydroxyl groups is 1. The van der Waals surface area contributed by atoms with Crippen molar-refractivity contribution in [2.45, 2.75) is 45.1 Å². The summed E-state index contributed by atoms with van der Waals surface area (Å²) < 4.78 is 0. The molecule has 0 aromatic carbocycles. The molecule has 0 aliphatic heterocycles. The molecule has 1 rings (SSSR count). The third-order valence-electron chi connectivity index (χ3n) is 2.81. The van der Waals surface area contributed by atoms with E-state index in [1.165, 1.54) is 18.3 Å². The minimum absolute atomic E-state index is 0.0321. The molecule has 0 radical (unpaired) electrons. The number of rotatable bonds is 7. The molecule has 0 saturated carbocycles. The number of hydrogen-bond acceptors (Lipinski definition) is 4. The summed E-state index contributed by atoms with van der Waals surface area (Å²) in [6.07, 6.45) is 5.22. The number of carbonyl (C=O) groups excluding carboxylic acids is 2. The number of nitrogens with zero attached hydrogens (tertiary/aromatic N) is 1. The van der Waals surface area contributed by atoms with Gasteiger partial charge < -0.3 is 15.2 Å². The molecule has 0 saturated heterocycles. The normalized spacial score (nSPS) is 11.1. The van der Waals surface area contributed by atoms with E-state index >= 15 is 0 Å². The Balaban J connectivity index is 2.49.